The summed E-state index contributed by atoms with van der Waals surface area (Å²) in [5, 5.41) is 49.3. The highest BCUT2D eigenvalue weighted by molar-refractivity contribution is 5.64. The van der Waals surface area contributed by atoms with Gasteiger partial charge in [0, 0.05) is 6.04 Å². The number of phenols is 1. The summed E-state index contributed by atoms with van der Waals surface area (Å²) in [5.74, 6) is -1.21. The third kappa shape index (κ3) is 5.60. The van der Waals surface area contributed by atoms with Crippen LogP contribution in [0.4, 0.5) is 17.1 Å². The molecule has 1 saturated heterocycles. The smallest absolute Gasteiger partial charge is 0.324 e. The van der Waals surface area contributed by atoms with E-state index < -0.39 is 37.6 Å². The highest BCUT2D eigenvalue weighted by Gasteiger charge is 2.30. The van der Waals surface area contributed by atoms with Crippen molar-refractivity contribution in [2.24, 2.45) is 0 Å². The largest absolute Gasteiger partial charge is 0.497 e. The number of likely N-dealkylation sites (tertiary alicyclic amines) is 1. The third-order valence-electron chi connectivity index (χ3n) is 3.94. The summed E-state index contributed by atoms with van der Waals surface area (Å²) in [6, 6.07) is 1.53. The maximum atomic E-state index is 10.4. The van der Waals surface area contributed by atoms with Crippen molar-refractivity contribution in [2.75, 3.05) is 13.6 Å². The molecule has 12 heteroatoms. The van der Waals surface area contributed by atoms with Crippen molar-refractivity contribution < 1.29 is 25.0 Å². The molecule has 2 unspecified atom stereocenters. The van der Waals surface area contributed by atoms with Crippen LogP contribution in [0.1, 0.15) is 26.2 Å². The quantitative estimate of drug-likeness (QED) is 0.578. The molecule has 1 heterocycles. The van der Waals surface area contributed by atoms with Gasteiger partial charge in [-0.15, -0.1) is 0 Å². The molecule has 2 N–H and O–H groups in total. The van der Waals surface area contributed by atoms with Crippen molar-refractivity contribution in [3.8, 4) is 5.75 Å². The van der Waals surface area contributed by atoms with Crippen molar-refractivity contribution >= 4 is 17.1 Å². The van der Waals surface area contributed by atoms with Gasteiger partial charge in [0.15, 0.2) is 0 Å². The van der Waals surface area contributed by atoms with Crippen molar-refractivity contribution in [1.82, 2.24) is 4.90 Å². The van der Waals surface area contributed by atoms with Gasteiger partial charge in [0.2, 0.25) is 0 Å². The lowest BCUT2D eigenvalue weighted by atomic mass is 10.1. The summed E-state index contributed by atoms with van der Waals surface area (Å²) in [4.78, 5) is 30.1. The predicted molar refractivity (Wildman–Crippen MR) is 90.0 cm³/mol. The van der Waals surface area contributed by atoms with Gasteiger partial charge in [-0.1, -0.05) is 0 Å². The summed E-state index contributed by atoms with van der Waals surface area (Å²) in [6.45, 7) is 3.07. The van der Waals surface area contributed by atoms with E-state index in [0.717, 1.165) is 6.42 Å². The van der Waals surface area contributed by atoms with Crippen LogP contribution in [-0.4, -0.2) is 55.6 Å². The van der Waals surface area contributed by atoms with E-state index >= 15 is 0 Å². The fourth-order valence-electron chi connectivity index (χ4n) is 2.64. The fraction of sp³-hybridized carbons (Fsp3) is 0.571. The molecule has 0 bridgehead atoms. The molecule has 0 aliphatic carbocycles. The zero-order chi connectivity index (χ0) is 20.0. The molecule has 1 aromatic rings. The second kappa shape index (κ2) is 9.01. The number of aromatic hydroxyl groups is 1. The van der Waals surface area contributed by atoms with E-state index in [4.69, 9.17) is 10.2 Å². The SMILES string of the molecule is CC(O)CC1CCCN1C.O=[N+]([O-])c1cc([N+](=O)[O-])c(O)c([N+](=O)[O-])c1. The summed E-state index contributed by atoms with van der Waals surface area (Å²) >= 11 is 0. The Morgan fingerprint density at radius 2 is 1.65 bits per heavy atom. The zero-order valence-electron chi connectivity index (χ0n) is 14.3. The fourth-order valence-corrected chi connectivity index (χ4v) is 2.64. The van der Waals surface area contributed by atoms with Crippen LogP contribution in [0.25, 0.3) is 0 Å². The number of nitrogens with zero attached hydrogens (tertiary/aromatic N) is 4. The van der Waals surface area contributed by atoms with Crippen LogP contribution < -0.4 is 0 Å². The number of benzene rings is 1. The Balaban J connectivity index is 0.000000289. The molecule has 1 aliphatic heterocycles. The number of hydrogen-bond donors (Lipinski definition) is 2. The van der Waals surface area contributed by atoms with Crippen LogP contribution in [0, 0.1) is 30.3 Å². The standard InChI is InChI=1S/C8H17NO.C6H3N3O7/c1-7(10)6-8-4-3-5-9(8)2;10-6-4(8(13)14)1-3(7(11)12)2-5(6)9(15)16/h7-8,10H,3-6H2,1-2H3;1-2,10H. The highest BCUT2D eigenvalue weighted by atomic mass is 16.6. The normalized spacial score (nSPS) is 17.9. The van der Waals surface area contributed by atoms with E-state index in [0.29, 0.717) is 18.2 Å². The van der Waals surface area contributed by atoms with Gasteiger partial charge >= 0.3 is 11.4 Å². The number of non-ortho nitro benzene ring substituents is 1. The number of hydrogen-bond acceptors (Lipinski definition) is 9. The van der Waals surface area contributed by atoms with E-state index in [2.05, 4.69) is 11.9 Å². The molecule has 2 atom stereocenters. The van der Waals surface area contributed by atoms with Crippen molar-refractivity contribution in [3.63, 3.8) is 0 Å². The van der Waals surface area contributed by atoms with Gasteiger partial charge in [-0.05, 0) is 39.8 Å². The highest BCUT2D eigenvalue weighted by Crippen LogP contribution is 2.38. The second-order valence-corrected chi connectivity index (χ2v) is 5.97. The third-order valence-corrected chi connectivity index (χ3v) is 3.94. The van der Waals surface area contributed by atoms with Gasteiger partial charge < -0.3 is 15.1 Å². The Morgan fingerprint density at radius 1 is 1.15 bits per heavy atom. The van der Waals surface area contributed by atoms with Crippen LogP contribution in [0.3, 0.4) is 0 Å². The zero-order valence-corrected chi connectivity index (χ0v) is 14.3. The van der Waals surface area contributed by atoms with E-state index in [1.165, 1.54) is 19.4 Å². The van der Waals surface area contributed by atoms with Crippen molar-refractivity contribution in [1.29, 1.82) is 0 Å². The summed E-state index contributed by atoms with van der Waals surface area (Å²) in [6.07, 6.45) is 3.37. The Kier molecular flexibility index (Phi) is 7.34. The Labute approximate surface area is 148 Å². The minimum atomic E-state index is -1.21. The lowest BCUT2D eigenvalue weighted by molar-refractivity contribution is -0.404. The summed E-state index contributed by atoms with van der Waals surface area (Å²) in [5.41, 5.74) is -3.00. The average Bonchev–Trinajstić information content (AvgIpc) is 2.91. The van der Waals surface area contributed by atoms with Crippen molar-refractivity contribution in [2.45, 2.75) is 38.3 Å². The van der Waals surface area contributed by atoms with Crippen LogP contribution in [0.2, 0.25) is 0 Å². The first kappa shape index (κ1) is 21.2. The molecule has 0 spiro atoms. The van der Waals surface area contributed by atoms with Gasteiger partial charge in [0.25, 0.3) is 11.4 Å². The Bertz CT molecular complexity index is 659. The maximum absolute atomic E-state index is 10.4. The minimum Gasteiger partial charge on any atom is -0.497 e. The molecule has 1 fully saturated rings. The van der Waals surface area contributed by atoms with Crippen LogP contribution in [0.5, 0.6) is 5.75 Å². The van der Waals surface area contributed by atoms with Gasteiger partial charge in [-0.2, -0.15) is 0 Å². The van der Waals surface area contributed by atoms with Crippen LogP contribution >= 0.6 is 0 Å². The van der Waals surface area contributed by atoms with E-state index in [1.54, 1.807) is 0 Å². The second-order valence-electron chi connectivity index (χ2n) is 5.97. The minimum absolute atomic E-state index is 0.134. The molecule has 1 aliphatic rings. The van der Waals surface area contributed by atoms with Crippen LogP contribution in [-0.2, 0) is 0 Å². The maximum Gasteiger partial charge on any atom is 0.324 e. The molecule has 26 heavy (non-hydrogen) atoms. The lowest BCUT2D eigenvalue weighted by Gasteiger charge is -2.20. The molecule has 12 nitrogen and oxygen atoms in total. The van der Waals surface area contributed by atoms with Gasteiger partial charge in [0.1, 0.15) is 0 Å². The molecule has 0 aromatic heterocycles. The van der Waals surface area contributed by atoms with Crippen LogP contribution in [0.15, 0.2) is 12.1 Å². The predicted octanol–water partition coefficient (Wildman–Crippen LogP) is 1.97. The molecule has 2 rings (SSSR count). The number of rotatable bonds is 5. The number of nitro groups is 3. The van der Waals surface area contributed by atoms with Crippen molar-refractivity contribution in [3.05, 3.63) is 42.5 Å². The lowest BCUT2D eigenvalue weighted by Crippen LogP contribution is -2.27. The first-order valence-corrected chi connectivity index (χ1v) is 7.73. The molecule has 0 amide bonds. The molecule has 0 saturated carbocycles. The first-order chi connectivity index (χ1) is 12.0. The number of aliphatic hydroxyl groups excluding tert-OH is 1. The summed E-state index contributed by atoms with van der Waals surface area (Å²) in [7, 11) is 2.14. The Hall–Kier alpha value is -2.86. The van der Waals surface area contributed by atoms with Gasteiger partial charge in [0.05, 0.1) is 33.0 Å². The number of nitro benzene ring substituents is 3. The number of phenolic OH excluding ortho intramolecular Hbond substituents is 1. The van der Waals surface area contributed by atoms with E-state index in [1.807, 2.05) is 6.92 Å². The average molecular weight is 372 g/mol. The first-order valence-electron chi connectivity index (χ1n) is 7.73. The summed E-state index contributed by atoms with van der Waals surface area (Å²) < 4.78 is 0. The molecule has 1 aromatic carbocycles. The van der Waals surface area contributed by atoms with E-state index in [-0.39, 0.29) is 6.10 Å². The molecule has 144 valence electrons. The topological polar surface area (TPSA) is 173 Å². The van der Waals surface area contributed by atoms with Gasteiger partial charge in [-0.3, -0.25) is 30.3 Å². The van der Waals surface area contributed by atoms with E-state index in [9.17, 15) is 30.3 Å². The Morgan fingerprint density at radius 3 is 1.96 bits per heavy atom. The monoisotopic (exact) mass is 372 g/mol. The molecular formula is C14H20N4O8. The molecular weight excluding hydrogens is 352 g/mol. The number of aliphatic hydroxyl groups is 1. The molecule has 0 radical (unpaired) electrons. The van der Waals surface area contributed by atoms with Gasteiger partial charge in [-0.25, -0.2) is 0 Å².